The van der Waals surface area contributed by atoms with Crippen LogP contribution in [0.1, 0.15) is 24.8 Å². The molecular weight excluding hydrogens is 170 g/mol. The molecule has 0 bridgehead atoms. The number of piperidine rings is 1. The van der Waals surface area contributed by atoms with Crippen molar-refractivity contribution in [2.45, 2.75) is 19.3 Å². The van der Waals surface area contributed by atoms with Crippen LogP contribution in [0.5, 0.6) is 0 Å². The predicted octanol–water partition coefficient (Wildman–Crippen LogP) is 2.74. The van der Waals surface area contributed by atoms with Crippen molar-refractivity contribution in [3.8, 4) is 0 Å². The molecule has 0 N–H and O–H groups in total. The van der Waals surface area contributed by atoms with Crippen LogP contribution in [-0.4, -0.2) is 25.0 Å². The lowest BCUT2D eigenvalue weighted by Crippen LogP contribution is -2.35. The summed E-state index contributed by atoms with van der Waals surface area (Å²) < 4.78 is 0. The molecule has 76 valence electrons. The molecule has 1 heterocycles. The molecule has 0 aliphatic carbocycles. The van der Waals surface area contributed by atoms with Gasteiger partial charge in [-0.1, -0.05) is 37.3 Å². The van der Waals surface area contributed by atoms with E-state index in [9.17, 15) is 0 Å². The number of hydrogen-bond donors (Lipinski definition) is 0. The number of benzene rings is 1. The maximum Gasteiger partial charge on any atom is 0.00474 e. The fraction of sp³-hybridized carbons (Fsp3) is 0.538. The van der Waals surface area contributed by atoms with Crippen LogP contribution in [0.4, 0.5) is 0 Å². The van der Waals surface area contributed by atoms with E-state index in [0.717, 1.165) is 11.8 Å². The Bertz CT molecular complexity index is 271. The summed E-state index contributed by atoms with van der Waals surface area (Å²) >= 11 is 0. The summed E-state index contributed by atoms with van der Waals surface area (Å²) in [7, 11) is 2.23. The molecule has 0 saturated carbocycles. The molecule has 1 nitrogen and oxygen atoms in total. The van der Waals surface area contributed by atoms with Gasteiger partial charge in [-0.2, -0.15) is 0 Å². The molecule has 0 aromatic heterocycles. The lowest BCUT2D eigenvalue weighted by molar-refractivity contribution is 0.198. The standard InChI is InChI=1S/C13H19N/c1-11-8-13(10-14(2)9-11)12-6-4-3-5-7-12/h3-7,11,13H,8-10H2,1-2H3/t11-,13+/m0/s1. The fourth-order valence-electron chi connectivity index (χ4n) is 2.58. The second-order valence-electron chi connectivity index (χ2n) is 4.67. The van der Waals surface area contributed by atoms with E-state index in [4.69, 9.17) is 0 Å². The van der Waals surface area contributed by atoms with Gasteiger partial charge < -0.3 is 4.90 Å². The van der Waals surface area contributed by atoms with Crippen LogP contribution in [0, 0.1) is 5.92 Å². The van der Waals surface area contributed by atoms with E-state index in [1.54, 1.807) is 0 Å². The van der Waals surface area contributed by atoms with Gasteiger partial charge in [0.25, 0.3) is 0 Å². The Balaban J connectivity index is 2.11. The molecule has 2 rings (SSSR count). The summed E-state index contributed by atoms with van der Waals surface area (Å²) in [5.74, 6) is 1.57. The van der Waals surface area contributed by atoms with Gasteiger partial charge in [0.1, 0.15) is 0 Å². The molecule has 0 spiro atoms. The van der Waals surface area contributed by atoms with Crippen LogP contribution in [0.25, 0.3) is 0 Å². The van der Waals surface area contributed by atoms with Gasteiger partial charge in [0.05, 0.1) is 0 Å². The van der Waals surface area contributed by atoms with Gasteiger partial charge in [-0.05, 0) is 30.9 Å². The molecule has 1 aliphatic heterocycles. The van der Waals surface area contributed by atoms with E-state index in [-0.39, 0.29) is 0 Å². The molecule has 1 saturated heterocycles. The van der Waals surface area contributed by atoms with Crippen LogP contribution in [-0.2, 0) is 0 Å². The van der Waals surface area contributed by atoms with Crippen LogP contribution >= 0.6 is 0 Å². The number of nitrogens with zero attached hydrogens (tertiary/aromatic N) is 1. The number of likely N-dealkylation sites (N-methyl/N-ethyl adjacent to an activating group) is 1. The third-order valence-corrected chi connectivity index (χ3v) is 3.11. The first kappa shape index (κ1) is 9.72. The monoisotopic (exact) mass is 189 g/mol. The normalized spacial score (nSPS) is 29.0. The Kier molecular flexibility index (Phi) is 2.87. The Hall–Kier alpha value is -0.820. The van der Waals surface area contributed by atoms with Crippen molar-refractivity contribution < 1.29 is 0 Å². The fourth-order valence-corrected chi connectivity index (χ4v) is 2.58. The third-order valence-electron chi connectivity index (χ3n) is 3.11. The molecular formula is C13H19N. The Morgan fingerprint density at radius 1 is 1.14 bits per heavy atom. The van der Waals surface area contributed by atoms with Crippen molar-refractivity contribution in [3.05, 3.63) is 35.9 Å². The van der Waals surface area contributed by atoms with Gasteiger partial charge in [0, 0.05) is 13.1 Å². The van der Waals surface area contributed by atoms with E-state index >= 15 is 0 Å². The van der Waals surface area contributed by atoms with E-state index in [1.165, 1.54) is 25.1 Å². The third kappa shape index (κ3) is 2.16. The van der Waals surface area contributed by atoms with Crippen molar-refractivity contribution in [1.29, 1.82) is 0 Å². The van der Waals surface area contributed by atoms with Crippen LogP contribution in [0.3, 0.4) is 0 Å². The van der Waals surface area contributed by atoms with Gasteiger partial charge in [-0.15, -0.1) is 0 Å². The summed E-state index contributed by atoms with van der Waals surface area (Å²) in [6, 6.07) is 10.9. The Morgan fingerprint density at radius 2 is 1.86 bits per heavy atom. The van der Waals surface area contributed by atoms with Crippen molar-refractivity contribution in [2.24, 2.45) is 5.92 Å². The second kappa shape index (κ2) is 4.14. The zero-order valence-electron chi connectivity index (χ0n) is 9.11. The molecule has 0 radical (unpaired) electrons. The van der Waals surface area contributed by atoms with Crippen molar-refractivity contribution in [3.63, 3.8) is 0 Å². The highest BCUT2D eigenvalue weighted by atomic mass is 15.1. The molecule has 1 aliphatic rings. The van der Waals surface area contributed by atoms with Gasteiger partial charge in [0.15, 0.2) is 0 Å². The van der Waals surface area contributed by atoms with Crippen LogP contribution in [0.15, 0.2) is 30.3 Å². The number of rotatable bonds is 1. The van der Waals surface area contributed by atoms with Gasteiger partial charge in [0.2, 0.25) is 0 Å². The summed E-state index contributed by atoms with van der Waals surface area (Å²) in [6.45, 7) is 4.82. The largest absolute Gasteiger partial charge is 0.305 e. The first-order valence-electron chi connectivity index (χ1n) is 5.49. The van der Waals surface area contributed by atoms with Crippen molar-refractivity contribution in [2.75, 3.05) is 20.1 Å². The quantitative estimate of drug-likeness (QED) is 0.656. The Labute approximate surface area is 86.7 Å². The average molecular weight is 189 g/mol. The molecule has 1 aromatic carbocycles. The smallest absolute Gasteiger partial charge is 0.00474 e. The Morgan fingerprint density at radius 3 is 2.50 bits per heavy atom. The maximum atomic E-state index is 2.45. The highest BCUT2D eigenvalue weighted by Gasteiger charge is 2.23. The molecule has 0 amide bonds. The second-order valence-corrected chi connectivity index (χ2v) is 4.67. The number of likely N-dealkylation sites (tertiary alicyclic amines) is 1. The summed E-state index contributed by atoms with van der Waals surface area (Å²) in [4.78, 5) is 2.45. The van der Waals surface area contributed by atoms with Gasteiger partial charge >= 0.3 is 0 Å². The molecule has 1 heteroatoms. The summed E-state index contributed by atoms with van der Waals surface area (Å²) in [5, 5.41) is 0. The van der Waals surface area contributed by atoms with E-state index in [1.807, 2.05) is 0 Å². The molecule has 1 fully saturated rings. The van der Waals surface area contributed by atoms with Gasteiger partial charge in [-0.25, -0.2) is 0 Å². The lowest BCUT2D eigenvalue weighted by atomic mass is 9.86. The van der Waals surface area contributed by atoms with E-state index in [2.05, 4.69) is 49.2 Å². The lowest BCUT2D eigenvalue weighted by Gasteiger charge is -2.34. The van der Waals surface area contributed by atoms with E-state index in [0.29, 0.717) is 0 Å². The molecule has 0 unspecified atom stereocenters. The SMILES string of the molecule is C[C@H]1C[C@@H](c2ccccc2)CN(C)C1. The minimum atomic E-state index is 0.741. The highest BCUT2D eigenvalue weighted by Crippen LogP contribution is 2.28. The van der Waals surface area contributed by atoms with Crippen molar-refractivity contribution >= 4 is 0 Å². The summed E-state index contributed by atoms with van der Waals surface area (Å²) in [6.07, 6.45) is 1.34. The predicted molar refractivity (Wildman–Crippen MR) is 60.5 cm³/mol. The minimum absolute atomic E-state index is 0.741. The zero-order valence-corrected chi connectivity index (χ0v) is 9.11. The topological polar surface area (TPSA) is 3.24 Å². The first-order chi connectivity index (χ1) is 6.75. The molecule has 1 aromatic rings. The highest BCUT2D eigenvalue weighted by molar-refractivity contribution is 5.20. The summed E-state index contributed by atoms with van der Waals surface area (Å²) in [5.41, 5.74) is 1.51. The van der Waals surface area contributed by atoms with Crippen LogP contribution in [0.2, 0.25) is 0 Å². The van der Waals surface area contributed by atoms with Crippen LogP contribution < -0.4 is 0 Å². The molecule has 2 atom stereocenters. The van der Waals surface area contributed by atoms with Crippen molar-refractivity contribution in [1.82, 2.24) is 4.90 Å². The van der Waals surface area contributed by atoms with E-state index < -0.39 is 0 Å². The minimum Gasteiger partial charge on any atom is -0.305 e. The molecule has 14 heavy (non-hydrogen) atoms. The first-order valence-corrected chi connectivity index (χ1v) is 5.49. The maximum absolute atomic E-state index is 2.45. The number of hydrogen-bond acceptors (Lipinski definition) is 1. The zero-order chi connectivity index (χ0) is 9.97. The van der Waals surface area contributed by atoms with Gasteiger partial charge in [-0.3, -0.25) is 0 Å². The average Bonchev–Trinajstić information content (AvgIpc) is 2.18.